The zero-order valence-corrected chi connectivity index (χ0v) is 18.7. The van der Waals surface area contributed by atoms with E-state index in [4.69, 9.17) is 18.9 Å². The third-order valence-electron chi connectivity index (χ3n) is 5.50. The van der Waals surface area contributed by atoms with Crippen molar-refractivity contribution in [3.8, 4) is 28.3 Å². The molecule has 0 aliphatic carbocycles. The topological polar surface area (TPSA) is 94.7 Å². The monoisotopic (exact) mass is 444 g/mol. The summed E-state index contributed by atoms with van der Waals surface area (Å²) in [5.74, 6) is 0.757. The van der Waals surface area contributed by atoms with Gasteiger partial charge in [-0.25, -0.2) is 14.5 Å². The van der Waals surface area contributed by atoms with Crippen LogP contribution in [0.2, 0.25) is 0 Å². The van der Waals surface area contributed by atoms with E-state index in [0.29, 0.717) is 34.8 Å². The molecule has 0 aliphatic heterocycles. The molecule has 0 aliphatic rings. The number of ether oxygens (including phenoxy) is 2. The summed E-state index contributed by atoms with van der Waals surface area (Å²) in [6.07, 6.45) is 0.856. The Morgan fingerprint density at radius 3 is 2.64 bits per heavy atom. The highest BCUT2D eigenvalue weighted by Gasteiger charge is 2.24. The Balaban J connectivity index is 1.77. The van der Waals surface area contributed by atoms with Gasteiger partial charge in [-0.1, -0.05) is 43.3 Å². The highest BCUT2D eigenvalue weighted by atomic mass is 16.5. The molecule has 0 atom stereocenters. The lowest BCUT2D eigenvalue weighted by Gasteiger charge is -2.08. The summed E-state index contributed by atoms with van der Waals surface area (Å²) in [6.45, 7) is 4.68. The van der Waals surface area contributed by atoms with Gasteiger partial charge in [-0.15, -0.1) is 0 Å². The molecule has 0 bridgehead atoms. The van der Waals surface area contributed by atoms with Gasteiger partial charge in [0.25, 0.3) is 5.56 Å². The second kappa shape index (κ2) is 8.55. The van der Waals surface area contributed by atoms with Crippen LogP contribution in [0.15, 0.2) is 57.7 Å². The molecule has 168 valence electrons. The maximum absolute atomic E-state index is 13.7. The van der Waals surface area contributed by atoms with E-state index in [-0.39, 0.29) is 23.6 Å². The third kappa shape index (κ3) is 3.58. The maximum atomic E-state index is 13.7. The van der Waals surface area contributed by atoms with Crippen LogP contribution >= 0.6 is 0 Å². The molecule has 0 spiro atoms. The van der Waals surface area contributed by atoms with Gasteiger partial charge in [0.1, 0.15) is 11.3 Å². The van der Waals surface area contributed by atoms with Gasteiger partial charge in [0.15, 0.2) is 16.7 Å². The van der Waals surface area contributed by atoms with Crippen LogP contribution in [0.5, 0.6) is 5.75 Å². The van der Waals surface area contributed by atoms with Crippen molar-refractivity contribution in [3.05, 3.63) is 70.3 Å². The first-order valence-corrected chi connectivity index (χ1v) is 10.8. The number of aryl methyl sites for hydroxylation is 1. The van der Waals surface area contributed by atoms with Crippen LogP contribution in [0, 0.1) is 6.92 Å². The predicted octanol–water partition coefficient (Wildman–Crippen LogP) is 4.74. The van der Waals surface area contributed by atoms with Gasteiger partial charge in [-0.3, -0.25) is 9.89 Å². The van der Waals surface area contributed by atoms with Crippen molar-refractivity contribution < 1.29 is 13.9 Å². The number of rotatable bonds is 7. The minimum Gasteiger partial charge on any atom is -0.494 e. The van der Waals surface area contributed by atoms with Gasteiger partial charge >= 0.3 is 0 Å². The number of fused-ring (bicyclic) bond motifs is 2. The van der Waals surface area contributed by atoms with Crippen molar-refractivity contribution >= 4 is 16.7 Å². The molecule has 0 saturated heterocycles. The lowest BCUT2D eigenvalue weighted by Crippen LogP contribution is -2.21. The molecule has 8 heteroatoms. The van der Waals surface area contributed by atoms with Crippen LogP contribution in [0.4, 0.5) is 0 Å². The molecule has 1 N–H and O–H groups in total. The molecular formula is C25H24N4O4. The van der Waals surface area contributed by atoms with Gasteiger partial charge in [0.05, 0.1) is 19.4 Å². The Morgan fingerprint density at radius 1 is 1.06 bits per heavy atom. The molecular weight excluding hydrogens is 420 g/mol. The molecule has 5 rings (SSSR count). The molecule has 33 heavy (non-hydrogen) atoms. The summed E-state index contributed by atoms with van der Waals surface area (Å²) >= 11 is 0. The SMILES string of the molecule is CCCOCc1nc2c(-c3ccccc3)c(C)[nH]n2c(=O)c1-c1nc2c(OC)cccc2o1. The number of hydrogen-bond acceptors (Lipinski definition) is 6. The van der Waals surface area contributed by atoms with E-state index in [1.165, 1.54) is 4.52 Å². The van der Waals surface area contributed by atoms with Gasteiger partial charge in [0.2, 0.25) is 5.89 Å². The van der Waals surface area contributed by atoms with Crippen molar-refractivity contribution in [1.29, 1.82) is 0 Å². The van der Waals surface area contributed by atoms with Gasteiger partial charge in [-0.2, -0.15) is 0 Å². The van der Waals surface area contributed by atoms with Gasteiger partial charge in [-0.05, 0) is 31.0 Å². The van der Waals surface area contributed by atoms with E-state index in [0.717, 1.165) is 23.2 Å². The fourth-order valence-electron chi connectivity index (χ4n) is 4.01. The highest BCUT2D eigenvalue weighted by Crippen LogP contribution is 2.32. The Labute approximate surface area is 189 Å². The number of aromatic amines is 1. The number of aromatic nitrogens is 4. The van der Waals surface area contributed by atoms with Crippen molar-refractivity contribution in [2.75, 3.05) is 13.7 Å². The van der Waals surface area contributed by atoms with Crippen LogP contribution in [0.1, 0.15) is 24.7 Å². The fourth-order valence-corrected chi connectivity index (χ4v) is 4.01. The smallest absolute Gasteiger partial charge is 0.285 e. The number of hydrogen-bond donors (Lipinski definition) is 1. The first kappa shape index (κ1) is 21.0. The number of methoxy groups -OCH3 is 1. The summed E-state index contributed by atoms with van der Waals surface area (Å²) in [5.41, 5.74) is 4.74. The van der Waals surface area contributed by atoms with E-state index >= 15 is 0 Å². The van der Waals surface area contributed by atoms with Crippen LogP contribution in [0.25, 0.3) is 39.3 Å². The quantitative estimate of drug-likeness (QED) is 0.364. The zero-order valence-electron chi connectivity index (χ0n) is 18.7. The third-order valence-corrected chi connectivity index (χ3v) is 5.50. The summed E-state index contributed by atoms with van der Waals surface area (Å²) < 4.78 is 18.6. The van der Waals surface area contributed by atoms with E-state index in [9.17, 15) is 4.79 Å². The first-order valence-electron chi connectivity index (χ1n) is 10.8. The number of nitrogens with zero attached hydrogens (tertiary/aromatic N) is 3. The Bertz CT molecular complexity index is 1500. The van der Waals surface area contributed by atoms with E-state index in [2.05, 4.69) is 10.1 Å². The Hall–Kier alpha value is -3.91. The van der Waals surface area contributed by atoms with Gasteiger partial charge in [0, 0.05) is 17.9 Å². The van der Waals surface area contributed by atoms with E-state index in [1.807, 2.05) is 50.2 Å². The van der Waals surface area contributed by atoms with Crippen molar-refractivity contribution in [2.24, 2.45) is 0 Å². The number of nitrogens with one attached hydrogen (secondary N) is 1. The number of oxazole rings is 1. The second-order valence-electron chi connectivity index (χ2n) is 7.75. The first-order chi connectivity index (χ1) is 16.1. The molecule has 8 nitrogen and oxygen atoms in total. The largest absolute Gasteiger partial charge is 0.494 e. The normalized spacial score (nSPS) is 11.5. The number of para-hydroxylation sites is 1. The molecule has 0 saturated carbocycles. The zero-order chi connectivity index (χ0) is 22.9. The van der Waals surface area contributed by atoms with Crippen LogP contribution in [0.3, 0.4) is 0 Å². The molecule has 5 aromatic rings. The van der Waals surface area contributed by atoms with E-state index < -0.39 is 0 Å². The number of H-pyrrole nitrogens is 1. The molecule has 2 aromatic carbocycles. The summed E-state index contributed by atoms with van der Waals surface area (Å²) in [5, 5.41) is 3.16. The summed E-state index contributed by atoms with van der Waals surface area (Å²) in [6, 6.07) is 15.3. The average Bonchev–Trinajstić information content (AvgIpc) is 3.40. The molecule has 0 radical (unpaired) electrons. The maximum Gasteiger partial charge on any atom is 0.285 e. The molecule has 0 amide bonds. The molecule has 3 heterocycles. The van der Waals surface area contributed by atoms with Crippen molar-refractivity contribution in [2.45, 2.75) is 26.9 Å². The van der Waals surface area contributed by atoms with Crippen LogP contribution in [-0.2, 0) is 11.3 Å². The van der Waals surface area contributed by atoms with E-state index in [1.54, 1.807) is 19.2 Å². The summed E-state index contributed by atoms with van der Waals surface area (Å²) in [7, 11) is 1.57. The highest BCUT2D eigenvalue weighted by molar-refractivity contribution is 5.83. The van der Waals surface area contributed by atoms with Crippen LogP contribution < -0.4 is 10.3 Å². The predicted molar refractivity (Wildman–Crippen MR) is 125 cm³/mol. The van der Waals surface area contributed by atoms with Crippen LogP contribution in [-0.4, -0.2) is 33.3 Å². The van der Waals surface area contributed by atoms with Crippen molar-refractivity contribution in [3.63, 3.8) is 0 Å². The lowest BCUT2D eigenvalue weighted by atomic mass is 10.1. The standard InChI is InChI=1S/C25H24N4O4/c1-4-13-32-14-17-21(24-27-22-18(31-3)11-8-12-19(22)33-24)25(30)29-23(26-17)20(15(2)28-29)16-9-6-5-7-10-16/h5-12,28H,4,13-14H2,1-3H3. The Kier molecular flexibility index (Phi) is 5.43. The Morgan fingerprint density at radius 2 is 1.88 bits per heavy atom. The lowest BCUT2D eigenvalue weighted by molar-refractivity contribution is 0.119. The minimum atomic E-state index is -0.300. The minimum absolute atomic E-state index is 0.170. The average molecular weight is 444 g/mol. The fraction of sp³-hybridized carbons (Fsp3) is 0.240. The molecule has 3 aromatic heterocycles. The summed E-state index contributed by atoms with van der Waals surface area (Å²) in [4.78, 5) is 23.2. The van der Waals surface area contributed by atoms with Crippen molar-refractivity contribution in [1.82, 2.24) is 19.6 Å². The molecule has 0 fully saturated rings. The second-order valence-corrected chi connectivity index (χ2v) is 7.75. The number of benzene rings is 2. The molecule has 0 unspecified atom stereocenters. The van der Waals surface area contributed by atoms with Gasteiger partial charge < -0.3 is 13.9 Å².